The van der Waals surface area contributed by atoms with Gasteiger partial charge in [0.05, 0.1) is 5.60 Å². The van der Waals surface area contributed by atoms with E-state index in [1.807, 2.05) is 0 Å². The molecule has 0 aromatic heterocycles. The summed E-state index contributed by atoms with van der Waals surface area (Å²) >= 11 is 0. The smallest absolute Gasteiger partial charge is 0.389 e. The summed E-state index contributed by atoms with van der Waals surface area (Å²) in [5.41, 5.74) is -0.650. The first-order valence-electron chi connectivity index (χ1n) is 7.31. The lowest BCUT2D eigenvalue weighted by atomic mass is 9.76. The molecule has 2 unspecified atom stereocenters. The van der Waals surface area contributed by atoms with Gasteiger partial charge in [-0.15, -0.1) is 0 Å². The van der Waals surface area contributed by atoms with Crippen molar-refractivity contribution in [2.75, 3.05) is 0 Å². The van der Waals surface area contributed by atoms with E-state index < -0.39 is 18.2 Å². The van der Waals surface area contributed by atoms with Crippen LogP contribution in [0.15, 0.2) is 0 Å². The second kappa shape index (κ2) is 6.02. The van der Waals surface area contributed by atoms with Crippen LogP contribution in [0, 0.1) is 11.3 Å². The lowest BCUT2D eigenvalue weighted by Crippen LogP contribution is -2.29. The standard InChI is InChI=1S/C15H27F3O/c1-13(2,3)12-6-4-8-14(19,11-7-12)9-5-10-15(16,17)18/h12,19H,4-11H2,1-3H3. The molecule has 0 spiro atoms. The van der Waals surface area contributed by atoms with Crippen LogP contribution in [0.3, 0.4) is 0 Å². The molecule has 0 amide bonds. The minimum absolute atomic E-state index is 0.0418. The monoisotopic (exact) mass is 280 g/mol. The Balaban J connectivity index is 2.46. The largest absolute Gasteiger partial charge is 0.390 e. The lowest BCUT2D eigenvalue weighted by Gasteiger charge is -2.31. The maximum atomic E-state index is 12.2. The van der Waals surface area contributed by atoms with Gasteiger partial charge < -0.3 is 5.11 Å². The molecule has 0 bridgehead atoms. The molecule has 1 rings (SSSR count). The highest BCUT2D eigenvalue weighted by atomic mass is 19.4. The number of halogens is 3. The Bertz CT molecular complexity index is 280. The van der Waals surface area contributed by atoms with Gasteiger partial charge in [0, 0.05) is 6.42 Å². The molecule has 0 aromatic rings. The second-order valence-corrected chi connectivity index (χ2v) is 7.19. The SMILES string of the molecule is CC(C)(C)C1CCCC(O)(CCCC(F)(F)F)CC1. The molecule has 0 aliphatic heterocycles. The quantitative estimate of drug-likeness (QED) is 0.715. The molecule has 2 atom stereocenters. The minimum Gasteiger partial charge on any atom is -0.390 e. The van der Waals surface area contributed by atoms with Crippen LogP contribution < -0.4 is 0 Å². The second-order valence-electron chi connectivity index (χ2n) is 7.19. The summed E-state index contributed by atoms with van der Waals surface area (Å²) in [6, 6.07) is 0. The van der Waals surface area contributed by atoms with Crippen molar-refractivity contribution >= 4 is 0 Å². The molecule has 1 aliphatic carbocycles. The summed E-state index contributed by atoms with van der Waals surface area (Å²) in [5, 5.41) is 10.5. The molecule has 0 saturated heterocycles. The van der Waals surface area contributed by atoms with E-state index >= 15 is 0 Å². The van der Waals surface area contributed by atoms with Gasteiger partial charge in [-0.25, -0.2) is 0 Å². The van der Waals surface area contributed by atoms with Crippen molar-refractivity contribution in [1.29, 1.82) is 0 Å². The first-order valence-corrected chi connectivity index (χ1v) is 7.31. The number of hydrogen-bond acceptors (Lipinski definition) is 1. The molecule has 0 radical (unpaired) electrons. The van der Waals surface area contributed by atoms with Crippen LogP contribution in [0.2, 0.25) is 0 Å². The molecule has 0 heterocycles. The van der Waals surface area contributed by atoms with Gasteiger partial charge in [0.2, 0.25) is 0 Å². The Labute approximate surface area is 114 Å². The molecular weight excluding hydrogens is 253 g/mol. The van der Waals surface area contributed by atoms with Crippen molar-refractivity contribution in [3.05, 3.63) is 0 Å². The normalized spacial score (nSPS) is 30.2. The van der Waals surface area contributed by atoms with Crippen LogP contribution in [-0.4, -0.2) is 16.9 Å². The zero-order chi connectivity index (χ0) is 14.7. The molecule has 1 aliphatic rings. The average Bonchev–Trinajstić information content (AvgIpc) is 2.37. The summed E-state index contributed by atoms with van der Waals surface area (Å²) in [5.74, 6) is 0.559. The molecule has 114 valence electrons. The molecular formula is C15H27F3O. The third kappa shape index (κ3) is 6.15. The molecule has 1 N–H and O–H groups in total. The first kappa shape index (κ1) is 16.8. The van der Waals surface area contributed by atoms with Gasteiger partial charge in [-0.2, -0.15) is 13.2 Å². The summed E-state index contributed by atoms with van der Waals surface area (Å²) in [4.78, 5) is 0. The van der Waals surface area contributed by atoms with Crippen molar-refractivity contribution in [2.45, 2.75) is 83.9 Å². The summed E-state index contributed by atoms with van der Waals surface area (Å²) in [6.45, 7) is 6.60. The van der Waals surface area contributed by atoms with Gasteiger partial charge in [-0.1, -0.05) is 27.2 Å². The maximum absolute atomic E-state index is 12.2. The highest BCUT2D eigenvalue weighted by Crippen LogP contribution is 2.41. The van der Waals surface area contributed by atoms with E-state index in [4.69, 9.17) is 0 Å². The number of hydrogen-bond donors (Lipinski definition) is 1. The van der Waals surface area contributed by atoms with E-state index in [0.717, 1.165) is 19.3 Å². The van der Waals surface area contributed by atoms with Gasteiger partial charge in [-0.3, -0.25) is 0 Å². The number of rotatable bonds is 3. The zero-order valence-electron chi connectivity index (χ0n) is 12.3. The van der Waals surface area contributed by atoms with Crippen LogP contribution in [0.5, 0.6) is 0 Å². The van der Waals surface area contributed by atoms with E-state index in [9.17, 15) is 18.3 Å². The molecule has 1 fully saturated rings. The van der Waals surface area contributed by atoms with Crippen molar-refractivity contribution in [3.63, 3.8) is 0 Å². The van der Waals surface area contributed by atoms with Crippen LogP contribution in [0.4, 0.5) is 13.2 Å². The third-order valence-electron chi connectivity index (χ3n) is 4.48. The predicted molar refractivity (Wildman–Crippen MR) is 70.9 cm³/mol. The fraction of sp³-hybridized carbons (Fsp3) is 1.00. The van der Waals surface area contributed by atoms with E-state index in [1.165, 1.54) is 0 Å². The van der Waals surface area contributed by atoms with Gasteiger partial charge in [0.25, 0.3) is 0 Å². The maximum Gasteiger partial charge on any atom is 0.389 e. The summed E-state index contributed by atoms with van der Waals surface area (Å²) in [7, 11) is 0. The zero-order valence-corrected chi connectivity index (χ0v) is 12.3. The third-order valence-corrected chi connectivity index (χ3v) is 4.48. The fourth-order valence-corrected chi connectivity index (χ4v) is 3.12. The lowest BCUT2D eigenvalue weighted by molar-refractivity contribution is -0.138. The van der Waals surface area contributed by atoms with Crippen molar-refractivity contribution in [3.8, 4) is 0 Å². The Morgan fingerprint density at radius 2 is 1.74 bits per heavy atom. The van der Waals surface area contributed by atoms with Gasteiger partial charge >= 0.3 is 6.18 Å². The van der Waals surface area contributed by atoms with Gasteiger partial charge in [0.1, 0.15) is 0 Å². The van der Waals surface area contributed by atoms with Crippen molar-refractivity contribution in [1.82, 2.24) is 0 Å². The first-order chi connectivity index (χ1) is 8.52. The minimum atomic E-state index is -4.10. The van der Waals surface area contributed by atoms with Crippen LogP contribution >= 0.6 is 0 Å². The van der Waals surface area contributed by atoms with E-state index in [1.54, 1.807) is 0 Å². The Morgan fingerprint density at radius 3 is 2.26 bits per heavy atom. The van der Waals surface area contributed by atoms with E-state index in [-0.39, 0.29) is 18.3 Å². The number of aliphatic hydroxyl groups is 1. The van der Waals surface area contributed by atoms with E-state index in [0.29, 0.717) is 18.8 Å². The molecule has 19 heavy (non-hydrogen) atoms. The van der Waals surface area contributed by atoms with Crippen LogP contribution in [0.25, 0.3) is 0 Å². The Kier molecular flexibility index (Phi) is 5.33. The molecule has 4 heteroatoms. The Hall–Kier alpha value is -0.250. The van der Waals surface area contributed by atoms with Gasteiger partial charge in [-0.05, 0) is 49.9 Å². The molecule has 0 aromatic carbocycles. The topological polar surface area (TPSA) is 20.2 Å². The van der Waals surface area contributed by atoms with Crippen LogP contribution in [0.1, 0.15) is 72.1 Å². The average molecular weight is 280 g/mol. The number of alkyl halides is 3. The summed E-state index contributed by atoms with van der Waals surface area (Å²) < 4.78 is 36.5. The highest BCUT2D eigenvalue weighted by molar-refractivity contribution is 4.86. The van der Waals surface area contributed by atoms with Crippen molar-refractivity contribution in [2.24, 2.45) is 11.3 Å². The van der Waals surface area contributed by atoms with Gasteiger partial charge in [0.15, 0.2) is 0 Å². The molecule has 1 saturated carbocycles. The summed E-state index contributed by atoms with van der Waals surface area (Å²) in [6.07, 6.45) is -0.345. The van der Waals surface area contributed by atoms with Crippen LogP contribution in [-0.2, 0) is 0 Å². The highest BCUT2D eigenvalue weighted by Gasteiger charge is 2.35. The Morgan fingerprint density at radius 1 is 1.11 bits per heavy atom. The fourth-order valence-electron chi connectivity index (χ4n) is 3.12. The van der Waals surface area contributed by atoms with Crippen molar-refractivity contribution < 1.29 is 18.3 Å². The predicted octanol–water partition coefficient (Wildman–Crippen LogP) is 5.08. The van der Waals surface area contributed by atoms with E-state index in [2.05, 4.69) is 20.8 Å². The molecule has 1 nitrogen and oxygen atoms in total.